The van der Waals surface area contributed by atoms with Gasteiger partial charge in [-0.05, 0) is 31.4 Å². The highest BCUT2D eigenvalue weighted by Gasteiger charge is 2.11. The maximum atomic E-state index is 11.9. The van der Waals surface area contributed by atoms with Crippen LogP contribution in [0.15, 0.2) is 12.3 Å². The first-order valence-electron chi connectivity index (χ1n) is 6.86. The molecule has 0 saturated heterocycles. The Morgan fingerprint density at radius 1 is 1.44 bits per heavy atom. The van der Waals surface area contributed by atoms with E-state index in [-0.39, 0.29) is 5.78 Å². The molecular weight excluding hydrogens is 226 g/mol. The zero-order valence-corrected chi connectivity index (χ0v) is 11.6. The van der Waals surface area contributed by atoms with Crippen molar-refractivity contribution in [3.05, 3.63) is 18.0 Å². The van der Waals surface area contributed by atoms with Gasteiger partial charge in [0.15, 0.2) is 0 Å². The number of carbonyl (C=O) groups is 1. The summed E-state index contributed by atoms with van der Waals surface area (Å²) in [6.45, 7) is 2.90. The summed E-state index contributed by atoms with van der Waals surface area (Å²) in [4.78, 5) is 11.9. The van der Waals surface area contributed by atoms with Gasteiger partial charge in [0.25, 0.3) is 0 Å². The van der Waals surface area contributed by atoms with Crippen molar-refractivity contribution in [3.8, 4) is 0 Å². The van der Waals surface area contributed by atoms with Crippen LogP contribution in [0.2, 0.25) is 0 Å². The lowest BCUT2D eigenvalue weighted by atomic mass is 9.93. The Morgan fingerprint density at radius 3 is 2.78 bits per heavy atom. The van der Waals surface area contributed by atoms with E-state index in [0.717, 1.165) is 25.1 Å². The molecule has 1 aromatic heterocycles. The van der Waals surface area contributed by atoms with E-state index in [1.165, 1.54) is 12.8 Å². The molecule has 0 saturated carbocycles. The van der Waals surface area contributed by atoms with E-state index in [2.05, 4.69) is 12.0 Å². The molecule has 1 rings (SSSR count). The Hall–Kier alpha value is -1.16. The molecule has 0 aliphatic heterocycles. The van der Waals surface area contributed by atoms with Crippen LogP contribution in [0, 0.1) is 5.92 Å². The third-order valence-electron chi connectivity index (χ3n) is 3.25. The molecule has 0 aliphatic rings. The first kappa shape index (κ1) is 14.9. The number of aromatic nitrogens is 2. The molecule has 1 aromatic rings. The van der Waals surface area contributed by atoms with Gasteiger partial charge in [-0.1, -0.05) is 19.8 Å². The van der Waals surface area contributed by atoms with Gasteiger partial charge in [0.1, 0.15) is 5.78 Å². The third kappa shape index (κ3) is 5.45. The Balaban J connectivity index is 2.30. The van der Waals surface area contributed by atoms with E-state index < -0.39 is 0 Å². The number of rotatable bonds is 9. The minimum absolute atomic E-state index is 0.284. The predicted octanol–water partition coefficient (Wildman–Crippen LogP) is 2.08. The van der Waals surface area contributed by atoms with Gasteiger partial charge in [-0.2, -0.15) is 5.10 Å². The van der Waals surface area contributed by atoms with Crippen molar-refractivity contribution in [2.24, 2.45) is 18.7 Å². The summed E-state index contributed by atoms with van der Waals surface area (Å²) >= 11 is 0. The second kappa shape index (κ2) is 8.03. The van der Waals surface area contributed by atoms with Crippen LogP contribution in [0.4, 0.5) is 0 Å². The highest BCUT2D eigenvalue weighted by atomic mass is 16.1. The van der Waals surface area contributed by atoms with Gasteiger partial charge in [0.05, 0.1) is 12.1 Å². The van der Waals surface area contributed by atoms with Gasteiger partial charge in [-0.25, -0.2) is 0 Å². The van der Waals surface area contributed by atoms with E-state index in [1.807, 2.05) is 19.3 Å². The molecule has 1 unspecified atom stereocenters. The third-order valence-corrected chi connectivity index (χ3v) is 3.25. The molecule has 1 heterocycles. The molecule has 0 radical (unpaired) electrons. The van der Waals surface area contributed by atoms with E-state index in [1.54, 1.807) is 4.68 Å². The number of nitrogens with zero attached hydrogens (tertiary/aromatic N) is 2. The summed E-state index contributed by atoms with van der Waals surface area (Å²) in [7, 11) is 1.87. The van der Waals surface area contributed by atoms with Crippen molar-refractivity contribution in [2.75, 3.05) is 6.54 Å². The molecule has 2 N–H and O–H groups in total. The molecule has 0 fully saturated rings. The Morgan fingerprint density at radius 2 is 2.22 bits per heavy atom. The quantitative estimate of drug-likeness (QED) is 0.731. The van der Waals surface area contributed by atoms with Crippen molar-refractivity contribution in [3.63, 3.8) is 0 Å². The lowest BCUT2D eigenvalue weighted by molar-refractivity contribution is -0.118. The first-order valence-corrected chi connectivity index (χ1v) is 6.86. The summed E-state index contributed by atoms with van der Waals surface area (Å²) in [5.74, 6) is 0.888. The minimum atomic E-state index is 0.284. The Bertz CT molecular complexity index is 354. The van der Waals surface area contributed by atoms with Crippen LogP contribution in [0.5, 0.6) is 0 Å². The van der Waals surface area contributed by atoms with Crippen molar-refractivity contribution >= 4 is 5.78 Å². The highest BCUT2D eigenvalue weighted by Crippen LogP contribution is 2.17. The largest absolute Gasteiger partial charge is 0.330 e. The number of hydrogen-bond acceptors (Lipinski definition) is 3. The number of Topliss-reactive ketones (excluding diaryl/α,β-unsaturated/α-hetero) is 1. The average molecular weight is 251 g/mol. The van der Waals surface area contributed by atoms with Gasteiger partial charge < -0.3 is 5.73 Å². The molecule has 0 amide bonds. The standard InChI is InChI=1S/C14H25N3O/c1-3-4-12(7-9-15)5-6-14(18)11-13-8-10-17(2)16-13/h8,10,12H,3-7,9,11,15H2,1-2H3. The number of aryl methyl sites for hydroxylation is 1. The fraction of sp³-hybridized carbons (Fsp3) is 0.714. The van der Waals surface area contributed by atoms with Crippen molar-refractivity contribution in [1.29, 1.82) is 0 Å². The van der Waals surface area contributed by atoms with Crippen LogP contribution in [0.25, 0.3) is 0 Å². The lowest BCUT2D eigenvalue weighted by Crippen LogP contribution is -2.12. The second-order valence-electron chi connectivity index (χ2n) is 4.97. The number of nitrogens with two attached hydrogens (primary N) is 1. The smallest absolute Gasteiger partial charge is 0.138 e. The minimum Gasteiger partial charge on any atom is -0.330 e. The van der Waals surface area contributed by atoms with Gasteiger partial charge in [-0.3, -0.25) is 9.48 Å². The second-order valence-corrected chi connectivity index (χ2v) is 4.97. The first-order chi connectivity index (χ1) is 8.65. The summed E-state index contributed by atoms with van der Waals surface area (Å²) in [5.41, 5.74) is 6.46. The molecule has 18 heavy (non-hydrogen) atoms. The maximum absolute atomic E-state index is 11.9. The van der Waals surface area contributed by atoms with Gasteiger partial charge in [-0.15, -0.1) is 0 Å². The van der Waals surface area contributed by atoms with Crippen LogP contribution in [-0.2, 0) is 18.3 Å². The summed E-state index contributed by atoms with van der Waals surface area (Å²) in [6, 6.07) is 1.90. The van der Waals surface area contributed by atoms with Crippen molar-refractivity contribution in [1.82, 2.24) is 9.78 Å². The molecular formula is C14H25N3O. The predicted molar refractivity (Wildman–Crippen MR) is 73.2 cm³/mol. The highest BCUT2D eigenvalue weighted by molar-refractivity contribution is 5.80. The van der Waals surface area contributed by atoms with Gasteiger partial charge in [0.2, 0.25) is 0 Å². The van der Waals surface area contributed by atoms with Crippen LogP contribution in [0.1, 0.15) is 44.7 Å². The normalized spacial score (nSPS) is 12.6. The summed E-state index contributed by atoms with van der Waals surface area (Å²) < 4.78 is 1.73. The number of carbonyl (C=O) groups excluding carboxylic acids is 1. The van der Waals surface area contributed by atoms with Gasteiger partial charge in [0, 0.05) is 19.7 Å². The molecule has 0 bridgehead atoms. The summed E-state index contributed by atoms with van der Waals surface area (Å²) in [6.07, 6.45) is 7.33. The van der Waals surface area contributed by atoms with E-state index >= 15 is 0 Å². The lowest BCUT2D eigenvalue weighted by Gasteiger charge is -2.14. The van der Waals surface area contributed by atoms with Crippen molar-refractivity contribution in [2.45, 2.75) is 45.4 Å². The summed E-state index contributed by atoms with van der Waals surface area (Å²) in [5, 5.41) is 4.23. The van der Waals surface area contributed by atoms with Gasteiger partial charge >= 0.3 is 0 Å². The molecule has 4 heteroatoms. The van der Waals surface area contributed by atoms with Crippen LogP contribution >= 0.6 is 0 Å². The topological polar surface area (TPSA) is 60.9 Å². The number of ketones is 1. The average Bonchev–Trinajstić information content (AvgIpc) is 2.72. The maximum Gasteiger partial charge on any atom is 0.138 e. The monoisotopic (exact) mass is 251 g/mol. The Labute approximate surface area is 110 Å². The zero-order chi connectivity index (χ0) is 13.4. The van der Waals surface area contributed by atoms with Crippen LogP contribution < -0.4 is 5.73 Å². The van der Waals surface area contributed by atoms with Crippen molar-refractivity contribution < 1.29 is 4.79 Å². The van der Waals surface area contributed by atoms with Crippen LogP contribution in [0.3, 0.4) is 0 Å². The SMILES string of the molecule is CCCC(CCN)CCC(=O)Cc1ccn(C)n1. The molecule has 0 spiro atoms. The molecule has 1 atom stereocenters. The Kier molecular flexibility index (Phi) is 6.65. The fourth-order valence-electron chi connectivity index (χ4n) is 2.29. The van der Waals surface area contributed by atoms with Crippen LogP contribution in [-0.4, -0.2) is 22.1 Å². The molecule has 0 aliphatic carbocycles. The zero-order valence-electron chi connectivity index (χ0n) is 11.6. The van der Waals surface area contributed by atoms with E-state index in [0.29, 0.717) is 18.8 Å². The van der Waals surface area contributed by atoms with E-state index in [9.17, 15) is 4.79 Å². The number of hydrogen-bond donors (Lipinski definition) is 1. The molecule has 102 valence electrons. The fourth-order valence-corrected chi connectivity index (χ4v) is 2.29. The van der Waals surface area contributed by atoms with E-state index in [4.69, 9.17) is 5.73 Å². The molecule has 0 aromatic carbocycles. The molecule has 4 nitrogen and oxygen atoms in total.